The molecule has 3 rings (SSSR count). The summed E-state index contributed by atoms with van der Waals surface area (Å²) in [6.45, 7) is 0. The molecule has 0 amide bonds. The zero-order valence-corrected chi connectivity index (χ0v) is 10.9. The highest BCUT2D eigenvalue weighted by molar-refractivity contribution is 8.02. The first kappa shape index (κ1) is 12.0. The van der Waals surface area contributed by atoms with Crippen LogP contribution in [0.15, 0.2) is 15.9 Å². The Bertz CT molecular complexity index is 503. The van der Waals surface area contributed by atoms with E-state index in [0.29, 0.717) is 12.8 Å². The highest BCUT2D eigenvalue weighted by Gasteiger charge is 2.77. The third-order valence-corrected chi connectivity index (χ3v) is 6.49. The molecule has 2 fully saturated rings. The molecule has 1 aromatic heterocycles. The molecule has 0 aliphatic heterocycles. The maximum absolute atomic E-state index is 11.3. The van der Waals surface area contributed by atoms with Crippen molar-refractivity contribution in [2.24, 2.45) is 17.8 Å². The van der Waals surface area contributed by atoms with Gasteiger partial charge in [-0.15, -0.1) is 11.3 Å². The SMILES string of the molecule is O=C(O)C1CCC2C(C(=O)O)C12Sc1nccs1. The number of rotatable bonds is 4. The van der Waals surface area contributed by atoms with Gasteiger partial charge in [-0.1, -0.05) is 11.8 Å². The van der Waals surface area contributed by atoms with Crippen molar-refractivity contribution in [3.63, 3.8) is 0 Å². The highest BCUT2D eigenvalue weighted by Crippen LogP contribution is 2.72. The topological polar surface area (TPSA) is 87.5 Å². The standard InChI is InChI=1S/C11H11NO4S2/c13-8(14)6-2-1-5-7(9(15)16)11(5,6)18-10-12-3-4-17-10/h3-7H,1-2H2,(H,13,14)(H,15,16). The van der Waals surface area contributed by atoms with Gasteiger partial charge in [-0.25, -0.2) is 4.98 Å². The Labute approximate surface area is 111 Å². The van der Waals surface area contributed by atoms with Crippen LogP contribution in [0.2, 0.25) is 0 Å². The Kier molecular flexibility index (Phi) is 2.63. The second-order valence-corrected chi connectivity index (χ2v) is 7.10. The van der Waals surface area contributed by atoms with Gasteiger partial charge in [0.1, 0.15) is 4.34 Å². The monoisotopic (exact) mass is 285 g/mol. The van der Waals surface area contributed by atoms with E-state index < -0.39 is 28.5 Å². The Balaban J connectivity index is 1.93. The van der Waals surface area contributed by atoms with E-state index in [1.165, 1.54) is 23.1 Å². The largest absolute Gasteiger partial charge is 0.481 e. The quantitative estimate of drug-likeness (QED) is 0.877. The van der Waals surface area contributed by atoms with Crippen LogP contribution < -0.4 is 0 Å². The number of thiazole rings is 1. The molecule has 0 bridgehead atoms. The summed E-state index contributed by atoms with van der Waals surface area (Å²) in [5.41, 5.74) is 0. The normalized spacial score (nSPS) is 37.2. The minimum Gasteiger partial charge on any atom is -0.481 e. The van der Waals surface area contributed by atoms with Crippen molar-refractivity contribution in [1.82, 2.24) is 4.98 Å². The molecule has 1 heterocycles. The Hall–Kier alpha value is -1.08. The fraction of sp³-hybridized carbons (Fsp3) is 0.545. The molecule has 4 unspecified atom stereocenters. The molecule has 2 aliphatic rings. The van der Waals surface area contributed by atoms with Gasteiger partial charge in [0.2, 0.25) is 0 Å². The van der Waals surface area contributed by atoms with E-state index >= 15 is 0 Å². The lowest BCUT2D eigenvalue weighted by molar-refractivity contribution is -0.143. The molecule has 0 spiro atoms. The lowest BCUT2D eigenvalue weighted by atomic mass is 10.00. The summed E-state index contributed by atoms with van der Waals surface area (Å²) < 4.78 is 0.0899. The van der Waals surface area contributed by atoms with E-state index in [9.17, 15) is 19.8 Å². The minimum atomic E-state index is -0.884. The number of hydrogen-bond acceptors (Lipinski definition) is 5. The average molecular weight is 285 g/mol. The maximum atomic E-state index is 11.3. The fourth-order valence-electron chi connectivity index (χ4n) is 3.20. The molecular weight excluding hydrogens is 274 g/mol. The van der Waals surface area contributed by atoms with Crippen LogP contribution in [0.25, 0.3) is 0 Å². The first-order valence-corrected chi connectivity index (χ1v) is 7.31. The van der Waals surface area contributed by atoms with Gasteiger partial charge in [0.15, 0.2) is 0 Å². The molecular formula is C11H11NO4S2. The third-order valence-electron chi connectivity index (χ3n) is 3.91. The second kappa shape index (κ2) is 3.96. The summed E-state index contributed by atoms with van der Waals surface area (Å²) >= 11 is 2.78. The molecule has 0 saturated heterocycles. The third kappa shape index (κ3) is 1.50. The van der Waals surface area contributed by atoms with Crippen molar-refractivity contribution in [3.05, 3.63) is 11.6 Å². The molecule has 2 saturated carbocycles. The number of aromatic nitrogens is 1. The van der Waals surface area contributed by atoms with E-state index in [0.717, 1.165) is 4.34 Å². The van der Waals surface area contributed by atoms with Gasteiger partial charge in [0, 0.05) is 11.6 Å². The first-order valence-electron chi connectivity index (χ1n) is 5.61. The van der Waals surface area contributed by atoms with E-state index in [2.05, 4.69) is 4.98 Å². The fourth-order valence-corrected chi connectivity index (χ4v) is 5.86. The van der Waals surface area contributed by atoms with Crippen LogP contribution >= 0.6 is 23.1 Å². The molecule has 2 N–H and O–H groups in total. The lowest BCUT2D eigenvalue weighted by Crippen LogP contribution is -2.29. The van der Waals surface area contributed by atoms with E-state index in [-0.39, 0.29) is 5.92 Å². The second-order valence-electron chi connectivity index (χ2n) is 4.64. The predicted octanol–water partition coefficient (Wildman–Crippen LogP) is 1.80. The number of carboxylic acids is 2. The van der Waals surface area contributed by atoms with E-state index in [1.54, 1.807) is 6.20 Å². The van der Waals surface area contributed by atoms with Crippen LogP contribution in [0.1, 0.15) is 12.8 Å². The summed E-state index contributed by atoms with van der Waals surface area (Å²) in [4.78, 5) is 26.7. The summed E-state index contributed by atoms with van der Waals surface area (Å²) in [5, 5.41) is 20.3. The van der Waals surface area contributed by atoms with Gasteiger partial charge in [-0.2, -0.15) is 0 Å². The molecule has 96 valence electrons. The van der Waals surface area contributed by atoms with Gasteiger partial charge in [0.05, 0.1) is 16.6 Å². The number of fused-ring (bicyclic) bond motifs is 1. The van der Waals surface area contributed by atoms with Gasteiger partial charge in [0.25, 0.3) is 0 Å². The highest BCUT2D eigenvalue weighted by atomic mass is 32.2. The van der Waals surface area contributed by atoms with Crippen LogP contribution in [0, 0.1) is 17.8 Å². The number of aliphatic carboxylic acids is 2. The molecule has 7 heteroatoms. The molecule has 5 nitrogen and oxygen atoms in total. The maximum Gasteiger partial charge on any atom is 0.308 e. The lowest BCUT2D eigenvalue weighted by Gasteiger charge is -2.19. The van der Waals surface area contributed by atoms with Crippen molar-refractivity contribution >= 4 is 35.0 Å². The van der Waals surface area contributed by atoms with Crippen molar-refractivity contribution in [3.8, 4) is 0 Å². The van der Waals surface area contributed by atoms with Crippen LogP contribution in [0.4, 0.5) is 0 Å². The Morgan fingerprint density at radius 1 is 1.39 bits per heavy atom. The van der Waals surface area contributed by atoms with Crippen LogP contribution in [-0.2, 0) is 9.59 Å². The van der Waals surface area contributed by atoms with Gasteiger partial charge in [-0.05, 0) is 18.8 Å². The van der Waals surface area contributed by atoms with Crippen molar-refractivity contribution in [2.75, 3.05) is 0 Å². The molecule has 1 aromatic rings. The number of nitrogens with zero attached hydrogens (tertiary/aromatic N) is 1. The molecule has 18 heavy (non-hydrogen) atoms. The van der Waals surface area contributed by atoms with Crippen LogP contribution in [-0.4, -0.2) is 31.9 Å². The van der Waals surface area contributed by atoms with Crippen LogP contribution in [0.3, 0.4) is 0 Å². The van der Waals surface area contributed by atoms with Gasteiger partial charge in [-0.3, -0.25) is 9.59 Å². The number of hydrogen-bond donors (Lipinski definition) is 2. The molecule has 2 aliphatic carbocycles. The van der Waals surface area contributed by atoms with Gasteiger partial charge < -0.3 is 10.2 Å². The zero-order chi connectivity index (χ0) is 12.9. The van der Waals surface area contributed by atoms with Crippen molar-refractivity contribution in [2.45, 2.75) is 21.9 Å². The smallest absolute Gasteiger partial charge is 0.308 e. The summed E-state index contributed by atoms with van der Waals surface area (Å²) in [6, 6.07) is 0. The van der Waals surface area contributed by atoms with E-state index in [1.807, 2.05) is 5.38 Å². The number of carboxylic acid groups (broad SMARTS) is 2. The summed E-state index contributed by atoms with van der Waals surface area (Å²) in [7, 11) is 0. The average Bonchev–Trinajstić information content (AvgIpc) is 2.69. The Morgan fingerprint density at radius 3 is 2.67 bits per heavy atom. The van der Waals surface area contributed by atoms with Crippen LogP contribution in [0.5, 0.6) is 0 Å². The summed E-state index contributed by atoms with van der Waals surface area (Å²) in [6.07, 6.45) is 2.91. The minimum absolute atomic E-state index is 0.0231. The summed E-state index contributed by atoms with van der Waals surface area (Å²) in [5.74, 6) is -2.90. The zero-order valence-electron chi connectivity index (χ0n) is 9.28. The van der Waals surface area contributed by atoms with E-state index in [4.69, 9.17) is 0 Å². The first-order chi connectivity index (χ1) is 8.57. The number of thioether (sulfide) groups is 1. The Morgan fingerprint density at radius 2 is 2.17 bits per heavy atom. The molecule has 0 aromatic carbocycles. The van der Waals surface area contributed by atoms with Crippen molar-refractivity contribution < 1.29 is 19.8 Å². The van der Waals surface area contributed by atoms with Gasteiger partial charge >= 0.3 is 11.9 Å². The van der Waals surface area contributed by atoms with Crippen molar-refractivity contribution in [1.29, 1.82) is 0 Å². The molecule has 0 radical (unpaired) electrons. The number of carbonyl (C=O) groups is 2. The predicted molar refractivity (Wildman–Crippen MR) is 65.7 cm³/mol. The molecule has 4 atom stereocenters.